The van der Waals surface area contributed by atoms with Gasteiger partial charge in [-0.2, -0.15) is 0 Å². The fourth-order valence-electron chi connectivity index (χ4n) is 5.80. The molecule has 0 aromatic carbocycles. The van der Waals surface area contributed by atoms with Crippen molar-refractivity contribution in [1.82, 2.24) is 0 Å². The maximum Gasteiger partial charge on any atom is 0.306 e. The van der Waals surface area contributed by atoms with Crippen LogP contribution in [0, 0.1) is 0 Å². The molecule has 6 heteroatoms. The molecule has 0 radical (unpaired) electrons. The number of ether oxygens (including phenoxy) is 2. The molecule has 0 unspecified atom stereocenters. The van der Waals surface area contributed by atoms with Gasteiger partial charge in [0.1, 0.15) is 18.3 Å². The molecule has 0 aromatic heterocycles. The van der Waals surface area contributed by atoms with Gasteiger partial charge in [-0.25, -0.2) is 0 Å². The zero-order valence-corrected chi connectivity index (χ0v) is 26.2. The minimum Gasteiger partial charge on any atom is -0.457 e. The minimum atomic E-state index is -1.14. The van der Waals surface area contributed by atoms with Crippen LogP contribution >= 0.6 is 0 Å². The molecule has 4 atom stereocenters. The molecule has 1 saturated heterocycles. The smallest absolute Gasteiger partial charge is 0.306 e. The number of unbranched alkanes of at least 4 members (excludes halogenated alkanes) is 24. The van der Waals surface area contributed by atoms with Gasteiger partial charge in [0.25, 0.3) is 0 Å². The van der Waals surface area contributed by atoms with Gasteiger partial charge in [0, 0.05) is 6.42 Å². The van der Waals surface area contributed by atoms with E-state index in [1.165, 1.54) is 141 Å². The third kappa shape index (κ3) is 20.2. The Hall–Kier alpha value is -0.690. The van der Waals surface area contributed by atoms with Crippen LogP contribution in [0.25, 0.3) is 0 Å². The van der Waals surface area contributed by atoms with Crippen LogP contribution in [0.5, 0.6) is 0 Å². The molecule has 0 saturated carbocycles. The number of carbonyl (C=O) groups is 1. The fraction of sp³-hybridized carbons (Fsp3) is 0.971. The molecule has 238 valence electrons. The number of aliphatic hydroxyl groups is 3. The fourth-order valence-corrected chi connectivity index (χ4v) is 5.80. The Kier molecular flexibility index (Phi) is 25.4. The molecule has 6 nitrogen and oxygen atoms in total. The normalized spacial score (nSPS) is 19.8. The lowest BCUT2D eigenvalue weighted by Gasteiger charge is -2.24. The Morgan fingerprint density at radius 1 is 0.650 bits per heavy atom. The maximum absolute atomic E-state index is 12.1. The molecular weight excluding hydrogens is 504 g/mol. The molecule has 0 amide bonds. The number of hydrogen-bond donors (Lipinski definition) is 3. The molecule has 0 aromatic rings. The molecule has 1 aliphatic rings. The van der Waals surface area contributed by atoms with Crippen molar-refractivity contribution in [1.29, 1.82) is 0 Å². The lowest BCUT2D eigenvalue weighted by molar-refractivity contribution is -0.162. The summed E-state index contributed by atoms with van der Waals surface area (Å²) in [4.78, 5) is 12.1. The second-order valence-electron chi connectivity index (χ2n) is 12.3. The quantitative estimate of drug-likeness (QED) is 0.0620. The Morgan fingerprint density at radius 2 is 1.00 bits per heavy atom. The van der Waals surface area contributed by atoms with Crippen LogP contribution in [0.15, 0.2) is 0 Å². The highest BCUT2D eigenvalue weighted by atomic mass is 16.6. The summed E-state index contributed by atoms with van der Waals surface area (Å²) >= 11 is 0. The first-order chi connectivity index (χ1) is 19.6. The lowest BCUT2D eigenvalue weighted by Crippen LogP contribution is -2.43. The standard InChI is InChI=1S/C34H66O6/c1-2-3-4-5-6-7-8-9-10-11-12-13-14-15-16-17-18-19-20-21-22-23-24-25-26-27-32(37)40-31(28-35)34-33(38)30(36)29-39-34/h30-31,33-36,38H,2-29H2,1H3/t30-,31+,33+,34+/m0/s1. The van der Waals surface area contributed by atoms with Crippen molar-refractivity contribution in [3.63, 3.8) is 0 Å². The van der Waals surface area contributed by atoms with Crippen LogP contribution in [0.4, 0.5) is 0 Å². The van der Waals surface area contributed by atoms with E-state index in [4.69, 9.17) is 9.47 Å². The summed E-state index contributed by atoms with van der Waals surface area (Å²) in [5.41, 5.74) is 0. The molecule has 1 heterocycles. The van der Waals surface area contributed by atoms with Gasteiger partial charge in [0.15, 0.2) is 6.10 Å². The lowest BCUT2D eigenvalue weighted by atomic mass is 10.0. The predicted molar refractivity (Wildman–Crippen MR) is 164 cm³/mol. The van der Waals surface area contributed by atoms with E-state index in [9.17, 15) is 20.1 Å². The van der Waals surface area contributed by atoms with Gasteiger partial charge in [0.2, 0.25) is 0 Å². The Bertz CT molecular complexity index is 557. The van der Waals surface area contributed by atoms with E-state index >= 15 is 0 Å². The number of carbonyl (C=O) groups excluding carboxylic acids is 1. The van der Waals surface area contributed by atoms with Gasteiger partial charge in [0.05, 0.1) is 13.2 Å². The molecule has 1 aliphatic heterocycles. The third-order valence-corrected chi connectivity index (χ3v) is 8.50. The SMILES string of the molecule is CCCCCCCCCCCCCCCCCCCCCCCCCCCC(=O)O[C@H](CO)[C@H]1OC[C@H](O)[C@H]1O. The summed E-state index contributed by atoms with van der Waals surface area (Å²) in [5, 5.41) is 28.9. The maximum atomic E-state index is 12.1. The second kappa shape index (κ2) is 27.2. The first kappa shape index (κ1) is 37.3. The van der Waals surface area contributed by atoms with Gasteiger partial charge in [-0.15, -0.1) is 0 Å². The zero-order chi connectivity index (χ0) is 29.1. The molecule has 0 spiro atoms. The van der Waals surface area contributed by atoms with Crippen LogP contribution in [0.1, 0.15) is 174 Å². The molecule has 0 aliphatic carbocycles. The highest BCUT2D eigenvalue weighted by Gasteiger charge is 2.41. The van der Waals surface area contributed by atoms with Gasteiger partial charge in [-0.3, -0.25) is 4.79 Å². The summed E-state index contributed by atoms with van der Waals surface area (Å²) in [6.45, 7) is 1.84. The minimum absolute atomic E-state index is 0.0145. The van der Waals surface area contributed by atoms with Crippen molar-refractivity contribution in [2.24, 2.45) is 0 Å². The first-order valence-corrected chi connectivity index (χ1v) is 17.4. The molecule has 40 heavy (non-hydrogen) atoms. The van der Waals surface area contributed by atoms with E-state index in [1.807, 2.05) is 0 Å². The number of hydrogen-bond acceptors (Lipinski definition) is 6. The van der Waals surface area contributed by atoms with E-state index < -0.39 is 31.0 Å². The van der Waals surface area contributed by atoms with Crippen molar-refractivity contribution in [2.45, 2.75) is 198 Å². The average molecular weight is 571 g/mol. The molecular formula is C34H66O6. The monoisotopic (exact) mass is 570 g/mol. The van der Waals surface area contributed by atoms with Crippen LogP contribution in [-0.4, -0.2) is 58.9 Å². The van der Waals surface area contributed by atoms with E-state index in [0.29, 0.717) is 6.42 Å². The Balaban J connectivity index is 1.75. The van der Waals surface area contributed by atoms with Gasteiger partial charge in [-0.05, 0) is 6.42 Å². The number of esters is 1. The van der Waals surface area contributed by atoms with Crippen molar-refractivity contribution in [3.8, 4) is 0 Å². The van der Waals surface area contributed by atoms with Crippen LogP contribution in [-0.2, 0) is 14.3 Å². The van der Waals surface area contributed by atoms with Crippen molar-refractivity contribution >= 4 is 5.97 Å². The number of aliphatic hydroxyl groups excluding tert-OH is 3. The largest absolute Gasteiger partial charge is 0.457 e. The summed E-state index contributed by atoms with van der Waals surface area (Å²) < 4.78 is 10.5. The summed E-state index contributed by atoms with van der Waals surface area (Å²) in [6.07, 6.45) is 30.1. The van der Waals surface area contributed by atoms with E-state index in [1.54, 1.807) is 0 Å². The van der Waals surface area contributed by atoms with Crippen molar-refractivity contribution in [3.05, 3.63) is 0 Å². The van der Waals surface area contributed by atoms with Crippen molar-refractivity contribution in [2.75, 3.05) is 13.2 Å². The molecule has 1 fully saturated rings. The van der Waals surface area contributed by atoms with E-state index in [0.717, 1.165) is 19.3 Å². The molecule has 1 rings (SSSR count). The molecule has 3 N–H and O–H groups in total. The number of rotatable bonds is 29. The van der Waals surface area contributed by atoms with Crippen molar-refractivity contribution < 1.29 is 29.6 Å². The van der Waals surface area contributed by atoms with E-state index in [2.05, 4.69) is 6.92 Å². The van der Waals surface area contributed by atoms with Gasteiger partial charge >= 0.3 is 5.97 Å². The zero-order valence-electron chi connectivity index (χ0n) is 26.2. The third-order valence-electron chi connectivity index (χ3n) is 8.50. The topological polar surface area (TPSA) is 96.2 Å². The Morgan fingerprint density at radius 3 is 1.30 bits per heavy atom. The summed E-state index contributed by atoms with van der Waals surface area (Å²) in [5.74, 6) is -0.384. The van der Waals surface area contributed by atoms with E-state index in [-0.39, 0.29) is 12.6 Å². The highest BCUT2D eigenvalue weighted by molar-refractivity contribution is 5.69. The summed E-state index contributed by atoms with van der Waals surface area (Å²) in [6, 6.07) is 0. The second-order valence-corrected chi connectivity index (χ2v) is 12.3. The predicted octanol–water partition coefficient (Wildman–Crippen LogP) is 8.17. The van der Waals surface area contributed by atoms with Crippen LogP contribution < -0.4 is 0 Å². The highest BCUT2D eigenvalue weighted by Crippen LogP contribution is 2.21. The Labute approximate surface area is 247 Å². The van der Waals surface area contributed by atoms with Gasteiger partial charge in [-0.1, -0.05) is 161 Å². The molecule has 0 bridgehead atoms. The van der Waals surface area contributed by atoms with Crippen LogP contribution in [0.2, 0.25) is 0 Å². The van der Waals surface area contributed by atoms with Crippen LogP contribution in [0.3, 0.4) is 0 Å². The average Bonchev–Trinajstić information content (AvgIpc) is 3.29. The van der Waals surface area contributed by atoms with Gasteiger partial charge < -0.3 is 24.8 Å². The first-order valence-electron chi connectivity index (χ1n) is 17.4. The summed E-state index contributed by atoms with van der Waals surface area (Å²) in [7, 11) is 0.